The Bertz CT molecular complexity index is 1810. The summed E-state index contributed by atoms with van der Waals surface area (Å²) in [6.07, 6.45) is 30.8. The number of alkyl halides is 7. The fourth-order valence-corrected chi connectivity index (χ4v) is 17.3. The van der Waals surface area contributed by atoms with Gasteiger partial charge in [0.2, 0.25) is 5.92 Å². The third-order valence-corrected chi connectivity index (χ3v) is 25.0. The van der Waals surface area contributed by atoms with E-state index in [4.69, 9.17) is 0 Å². The second-order valence-electron chi connectivity index (χ2n) is 41.4. The molecule has 0 spiro atoms. The first kappa shape index (κ1) is 113. The Hall–Kier alpha value is -0.490. The maximum absolute atomic E-state index is 13.0. The summed E-state index contributed by atoms with van der Waals surface area (Å²) in [5.74, 6) is 12.1. The summed E-state index contributed by atoms with van der Waals surface area (Å²) in [6, 6.07) is 0. The van der Waals surface area contributed by atoms with Gasteiger partial charge in [0, 0.05) is 12.8 Å². The highest BCUT2D eigenvalue weighted by molar-refractivity contribution is 4.99. The first-order valence-electron chi connectivity index (χ1n) is 45.8. The fraction of sp³-hybridized carbons (Fsp3) is 1.00. The molecule has 0 saturated heterocycles. The molecule has 0 bridgehead atoms. The first-order chi connectivity index (χ1) is 48.2. The Morgan fingerprint density at radius 2 is 0.543 bits per heavy atom. The van der Waals surface area contributed by atoms with Gasteiger partial charge >= 0.3 is 0 Å². The normalized spacial score (nSPS) is 35.9. The van der Waals surface area contributed by atoms with E-state index in [1.165, 1.54) is 83.5 Å². The van der Waals surface area contributed by atoms with Crippen LogP contribution in [0.5, 0.6) is 0 Å². The van der Waals surface area contributed by atoms with E-state index in [1.54, 1.807) is 20.3 Å². The molecule has 640 valence electrons. The lowest BCUT2D eigenvalue weighted by Crippen LogP contribution is -2.43. The molecule has 3 unspecified atom stereocenters. The van der Waals surface area contributed by atoms with Gasteiger partial charge in [-0.2, -0.15) is 0 Å². The largest absolute Gasteiger partial charge is 0.248 e. The van der Waals surface area contributed by atoms with Crippen molar-refractivity contribution in [3.05, 3.63) is 0 Å². The minimum absolute atomic E-state index is 0.104. The molecule has 12 aliphatic carbocycles. The Labute approximate surface area is 659 Å². The summed E-state index contributed by atoms with van der Waals surface area (Å²) in [7, 11) is 0. The number of hydrogen-bond donors (Lipinski definition) is 0. The van der Waals surface area contributed by atoms with Gasteiger partial charge in [-0.05, 0) is 295 Å². The number of hydrogen-bond acceptors (Lipinski definition) is 0. The van der Waals surface area contributed by atoms with Crippen molar-refractivity contribution in [2.24, 2.45) is 134 Å². The van der Waals surface area contributed by atoms with Crippen molar-refractivity contribution in [1.29, 1.82) is 0 Å². The van der Waals surface area contributed by atoms with Gasteiger partial charge in [-0.1, -0.05) is 289 Å². The zero-order valence-electron chi connectivity index (χ0n) is 79.3. The third-order valence-electron chi connectivity index (χ3n) is 25.0. The topological polar surface area (TPSA) is 0 Å². The number of halogens is 7. The summed E-state index contributed by atoms with van der Waals surface area (Å²) in [5, 5.41) is 0. The molecule has 0 nitrogen and oxygen atoms in total. The molecule has 0 heterocycles. The van der Waals surface area contributed by atoms with Crippen molar-refractivity contribution in [2.45, 2.75) is 499 Å². The van der Waals surface area contributed by atoms with Crippen molar-refractivity contribution in [2.75, 3.05) is 0 Å². The molecule has 0 aromatic carbocycles. The standard InChI is InChI=1S/C10H18.C9H17F.3C9H18.3C7H13F.C7H14.C6H10F2.C6H11F.6C2H6/c1-10(2,3)9-5-7-4-8(7)6-9;1-8(2,3)7-5-9(4,10)6-7;2*1-7-5-8(6-7)9(2,3)4;1-9(2,3)8-6-4-5-7-8;2*1-5-3-6(2)7(8)4-5;1-6-3-4-7(2,8)5-6;1-6-3-4-7(2)5-6;1-5-2-3-6(7,8)4-5;1-5-2-3-6(7)4-5;6*1-2/h7-9H,4-6H2,1-3H3;7H,5-6H2,1-4H3;2*7-8H,5-6H2,1-4H3;8H,4-7H2,1-3H3;2*5-7H,3-4H2,1-2H3;6H,3-5H2,1-2H3;6-7H,3-5H2,1-2H3;5H,2-4H2,1H3;5-6H,2-4H2,1H3;6*1-2H3/t;;;;;5-,6+,7-;5-,6-,7-;6-,7?;6-,7+;5-;5-,6-;;;;;;/m.....011.00....../s1. The van der Waals surface area contributed by atoms with Crippen molar-refractivity contribution < 1.29 is 30.7 Å². The molecule has 15 atom stereocenters. The van der Waals surface area contributed by atoms with Crippen molar-refractivity contribution in [3.8, 4) is 0 Å². The van der Waals surface area contributed by atoms with Crippen molar-refractivity contribution in [3.63, 3.8) is 0 Å². The van der Waals surface area contributed by atoms with E-state index >= 15 is 0 Å². The molecular weight excluding hydrogens is 1310 g/mol. The maximum Gasteiger partial charge on any atom is 0.248 e. The molecule has 12 fully saturated rings. The van der Waals surface area contributed by atoms with Gasteiger partial charge in [-0.3, -0.25) is 0 Å². The second kappa shape index (κ2) is 55.9. The summed E-state index contributed by atoms with van der Waals surface area (Å²) >= 11 is 0. The van der Waals surface area contributed by atoms with Gasteiger partial charge in [0.05, 0.1) is 0 Å². The molecule has 0 N–H and O–H groups in total. The van der Waals surface area contributed by atoms with Crippen LogP contribution in [-0.4, -0.2) is 35.8 Å². The Morgan fingerprint density at radius 3 is 0.657 bits per heavy atom. The third kappa shape index (κ3) is 54.0. The zero-order valence-corrected chi connectivity index (χ0v) is 79.3. The molecule has 12 rings (SSSR count). The minimum atomic E-state index is -2.33. The van der Waals surface area contributed by atoms with Crippen LogP contribution >= 0.6 is 0 Å². The molecule has 0 aliphatic heterocycles. The molecule has 0 aromatic rings. The summed E-state index contributed by atoms with van der Waals surface area (Å²) in [5.41, 5.74) is 0.950. The molecule has 0 aromatic heterocycles. The highest BCUT2D eigenvalue weighted by Gasteiger charge is 2.49. The summed E-state index contributed by atoms with van der Waals surface area (Å²) in [4.78, 5) is 0. The zero-order chi connectivity index (χ0) is 83.6. The quantitative estimate of drug-likeness (QED) is 0.212. The average molecular weight is 1510 g/mol. The first-order valence-corrected chi connectivity index (χ1v) is 45.8. The van der Waals surface area contributed by atoms with Crippen LogP contribution in [0.1, 0.15) is 463 Å². The summed E-state index contributed by atoms with van der Waals surface area (Å²) < 4.78 is 87.5. The predicted molar refractivity (Wildman–Crippen MR) is 463 cm³/mol. The van der Waals surface area contributed by atoms with Crippen LogP contribution in [-0.2, 0) is 0 Å². The van der Waals surface area contributed by atoms with Crippen molar-refractivity contribution >= 4 is 0 Å². The van der Waals surface area contributed by atoms with Gasteiger partial charge in [0.25, 0.3) is 0 Å². The summed E-state index contributed by atoms with van der Waals surface area (Å²) in [6.45, 7) is 86.1. The van der Waals surface area contributed by atoms with E-state index in [9.17, 15) is 30.7 Å². The Balaban J connectivity index is -0.000000344. The van der Waals surface area contributed by atoms with E-state index < -0.39 is 35.8 Å². The van der Waals surface area contributed by atoms with Crippen LogP contribution in [0.3, 0.4) is 0 Å². The van der Waals surface area contributed by atoms with E-state index in [-0.39, 0.29) is 18.8 Å². The van der Waals surface area contributed by atoms with E-state index in [0.29, 0.717) is 74.9 Å². The van der Waals surface area contributed by atoms with Gasteiger partial charge in [0.1, 0.15) is 29.9 Å². The molecule has 12 aliphatic rings. The van der Waals surface area contributed by atoms with Gasteiger partial charge < -0.3 is 0 Å². The van der Waals surface area contributed by atoms with Gasteiger partial charge in [-0.15, -0.1) is 0 Å². The molecular formula is C98H199F7. The lowest BCUT2D eigenvalue weighted by Gasteiger charge is -2.46. The van der Waals surface area contributed by atoms with Crippen LogP contribution in [0, 0.1) is 134 Å². The van der Waals surface area contributed by atoms with Gasteiger partial charge in [0.15, 0.2) is 0 Å². The van der Waals surface area contributed by atoms with Gasteiger partial charge in [-0.25, -0.2) is 30.7 Å². The number of rotatable bonds is 0. The van der Waals surface area contributed by atoms with Crippen LogP contribution in [0.15, 0.2) is 0 Å². The highest BCUT2D eigenvalue weighted by atomic mass is 19.3. The van der Waals surface area contributed by atoms with E-state index in [1.807, 2.05) is 104 Å². The molecule has 7 heteroatoms. The Kier molecular flexibility index (Phi) is 60.2. The molecule has 12 saturated carbocycles. The smallest absolute Gasteiger partial charge is 0.247 e. The number of fused-ring (bicyclic) bond motifs is 1. The van der Waals surface area contributed by atoms with E-state index in [2.05, 4.69) is 159 Å². The average Bonchev–Trinajstić information content (AvgIpc) is 1.69. The fourth-order valence-electron chi connectivity index (χ4n) is 17.3. The Morgan fingerprint density at radius 1 is 0.248 bits per heavy atom. The SMILES string of the molecule is CC.CC.CC.CC.CC.CC.CC(C)(C)C1CC2CC2C1.CC(C)(C)C1CCCC1.CC1(F)CC(C(C)(C)C)C1.CC1CC(C(C)(C)C)C1.CC1CC(C(C)(C)C)C1.C[C@@H]1CCC(C)(F)C1.C[C@@H]1CC[C@H](C)C1.C[C@@H]1C[C@@H](C)[C@H](F)C1.C[C@H]1CCC(F)(F)C1.C[C@H]1CC[C@H](F)C1.C[C@H]1C[C@@H](C)[C@@H](F)C1. The van der Waals surface area contributed by atoms with Crippen LogP contribution < -0.4 is 0 Å². The second-order valence-corrected chi connectivity index (χ2v) is 41.4. The van der Waals surface area contributed by atoms with Crippen LogP contribution in [0.2, 0.25) is 0 Å². The molecule has 0 amide bonds. The highest BCUT2D eigenvalue weighted by Crippen LogP contribution is 2.58. The lowest BCUT2D eigenvalue weighted by molar-refractivity contribution is -0.0289. The molecule has 105 heavy (non-hydrogen) atoms. The lowest BCUT2D eigenvalue weighted by atomic mass is 9.62. The van der Waals surface area contributed by atoms with E-state index in [0.717, 1.165) is 136 Å². The predicted octanol–water partition coefficient (Wildman–Crippen LogP) is 36.1. The minimum Gasteiger partial charge on any atom is -0.247 e. The van der Waals surface area contributed by atoms with Crippen LogP contribution in [0.25, 0.3) is 0 Å². The molecule has 0 radical (unpaired) electrons. The maximum atomic E-state index is 13.0. The van der Waals surface area contributed by atoms with Crippen LogP contribution in [0.4, 0.5) is 30.7 Å². The monoisotopic (exact) mass is 1510 g/mol. The van der Waals surface area contributed by atoms with Crippen molar-refractivity contribution in [1.82, 2.24) is 0 Å².